The first-order chi connectivity index (χ1) is 10.2. The van der Waals surface area contributed by atoms with Gasteiger partial charge in [0, 0.05) is 37.0 Å². The molecule has 2 N–H and O–H groups in total. The van der Waals surface area contributed by atoms with Crippen LogP contribution < -0.4 is 10.6 Å². The number of rotatable bonds is 4. The van der Waals surface area contributed by atoms with Crippen LogP contribution in [0.1, 0.15) is 44.0 Å². The predicted octanol–water partition coefficient (Wildman–Crippen LogP) is 2.31. The molecule has 1 aliphatic heterocycles. The van der Waals surface area contributed by atoms with Gasteiger partial charge in [0.1, 0.15) is 5.82 Å². The molecule has 0 aliphatic carbocycles. The third kappa shape index (κ3) is 3.02. The highest BCUT2D eigenvalue weighted by Crippen LogP contribution is 2.22. The molecule has 1 fully saturated rings. The van der Waals surface area contributed by atoms with E-state index in [-0.39, 0.29) is 6.04 Å². The van der Waals surface area contributed by atoms with Crippen LogP contribution in [0.15, 0.2) is 12.1 Å². The van der Waals surface area contributed by atoms with Crippen molar-refractivity contribution >= 4 is 11.5 Å². The fourth-order valence-electron chi connectivity index (χ4n) is 3.05. The molecule has 5 heteroatoms. The zero-order chi connectivity index (χ0) is 14.8. The van der Waals surface area contributed by atoms with Crippen LogP contribution >= 0.6 is 0 Å². The molecule has 0 aromatic carbocycles. The second-order valence-corrected chi connectivity index (χ2v) is 6.11. The number of nitrogens with two attached hydrogens (primary N) is 1. The van der Waals surface area contributed by atoms with E-state index in [0.29, 0.717) is 0 Å². The van der Waals surface area contributed by atoms with Crippen LogP contribution in [0.2, 0.25) is 0 Å². The molecule has 3 rings (SSSR count). The van der Waals surface area contributed by atoms with Crippen molar-refractivity contribution in [3.63, 3.8) is 0 Å². The van der Waals surface area contributed by atoms with Crippen LogP contribution in [0.4, 0.5) is 5.82 Å². The van der Waals surface area contributed by atoms with Crippen molar-refractivity contribution in [3.8, 4) is 0 Å². The minimum absolute atomic E-state index is 0.261. The topological polar surface area (TPSA) is 59.5 Å². The Bertz CT molecular complexity index is 618. The first-order valence-corrected chi connectivity index (χ1v) is 8.04. The van der Waals surface area contributed by atoms with Crippen molar-refractivity contribution in [2.24, 2.45) is 5.73 Å². The summed E-state index contributed by atoms with van der Waals surface area (Å²) in [6.45, 7) is 6.21. The van der Waals surface area contributed by atoms with E-state index in [0.717, 1.165) is 55.2 Å². The highest BCUT2D eigenvalue weighted by Gasteiger charge is 2.20. The lowest BCUT2D eigenvalue weighted by atomic mass is 10.1. The number of hydrogen-bond donors (Lipinski definition) is 1. The van der Waals surface area contributed by atoms with Gasteiger partial charge in [-0.1, -0.05) is 13.3 Å². The lowest BCUT2D eigenvalue weighted by molar-refractivity contribution is 0.500. The maximum atomic E-state index is 6.13. The molecule has 5 nitrogen and oxygen atoms in total. The van der Waals surface area contributed by atoms with Gasteiger partial charge in [-0.3, -0.25) is 0 Å². The second kappa shape index (κ2) is 6.02. The molecule has 3 heterocycles. The molecule has 1 saturated heterocycles. The van der Waals surface area contributed by atoms with Gasteiger partial charge in [-0.25, -0.2) is 4.98 Å². The van der Waals surface area contributed by atoms with Gasteiger partial charge in [-0.05, 0) is 32.6 Å². The molecule has 0 bridgehead atoms. The number of anilines is 1. The minimum Gasteiger partial charge on any atom is -0.355 e. The van der Waals surface area contributed by atoms with Gasteiger partial charge >= 0.3 is 0 Å². The summed E-state index contributed by atoms with van der Waals surface area (Å²) in [4.78, 5) is 6.98. The highest BCUT2D eigenvalue weighted by molar-refractivity contribution is 5.52. The number of nitrogens with zero attached hydrogens (tertiary/aromatic N) is 4. The summed E-state index contributed by atoms with van der Waals surface area (Å²) in [6.07, 6.45) is 5.65. The molecule has 2 aromatic rings. The minimum atomic E-state index is 0.261. The monoisotopic (exact) mass is 287 g/mol. The molecular weight excluding hydrogens is 262 g/mol. The Hall–Kier alpha value is -1.62. The third-order valence-electron chi connectivity index (χ3n) is 4.16. The van der Waals surface area contributed by atoms with E-state index in [9.17, 15) is 0 Å². The Morgan fingerprint density at radius 3 is 3.00 bits per heavy atom. The average molecular weight is 287 g/mol. The van der Waals surface area contributed by atoms with Crippen molar-refractivity contribution < 1.29 is 0 Å². The highest BCUT2D eigenvalue weighted by atomic mass is 15.4. The van der Waals surface area contributed by atoms with Crippen molar-refractivity contribution in [2.75, 3.05) is 18.0 Å². The first-order valence-electron chi connectivity index (χ1n) is 8.04. The van der Waals surface area contributed by atoms with E-state index < -0.39 is 0 Å². The largest absolute Gasteiger partial charge is 0.355 e. The molecule has 0 saturated carbocycles. The number of aromatic nitrogens is 3. The number of aryl methyl sites for hydroxylation is 2. The smallest absolute Gasteiger partial charge is 0.157 e. The van der Waals surface area contributed by atoms with Crippen molar-refractivity contribution in [2.45, 2.75) is 52.0 Å². The number of fused-ring (bicyclic) bond motifs is 1. The van der Waals surface area contributed by atoms with Gasteiger partial charge < -0.3 is 10.6 Å². The number of piperidine rings is 1. The van der Waals surface area contributed by atoms with E-state index in [1.54, 1.807) is 0 Å². The molecule has 0 spiro atoms. The SMILES string of the molecule is CCCCc1cc2nc(C)cc(N3CCCC(N)C3)n2n1. The van der Waals surface area contributed by atoms with Gasteiger partial charge in [0.25, 0.3) is 0 Å². The summed E-state index contributed by atoms with van der Waals surface area (Å²) in [7, 11) is 0. The van der Waals surface area contributed by atoms with Gasteiger partial charge in [-0.15, -0.1) is 0 Å². The quantitative estimate of drug-likeness (QED) is 0.937. The van der Waals surface area contributed by atoms with Crippen LogP contribution in [0, 0.1) is 6.92 Å². The van der Waals surface area contributed by atoms with Crippen LogP contribution in [0.5, 0.6) is 0 Å². The van der Waals surface area contributed by atoms with Crippen molar-refractivity contribution in [1.82, 2.24) is 14.6 Å². The van der Waals surface area contributed by atoms with Crippen LogP contribution in [-0.2, 0) is 6.42 Å². The molecular formula is C16H25N5. The lowest BCUT2D eigenvalue weighted by Crippen LogP contribution is -2.43. The summed E-state index contributed by atoms with van der Waals surface area (Å²) in [5.41, 5.74) is 9.26. The number of unbranched alkanes of at least 4 members (excludes halogenated alkanes) is 1. The zero-order valence-electron chi connectivity index (χ0n) is 13.0. The average Bonchev–Trinajstić information content (AvgIpc) is 2.86. The molecule has 2 aromatic heterocycles. The number of hydrogen-bond acceptors (Lipinski definition) is 4. The fraction of sp³-hybridized carbons (Fsp3) is 0.625. The van der Waals surface area contributed by atoms with Crippen molar-refractivity contribution in [3.05, 3.63) is 23.5 Å². The molecule has 0 amide bonds. The van der Waals surface area contributed by atoms with Crippen LogP contribution in [-0.4, -0.2) is 33.7 Å². The Balaban J connectivity index is 1.98. The van der Waals surface area contributed by atoms with Gasteiger partial charge in [0.15, 0.2) is 5.65 Å². The zero-order valence-corrected chi connectivity index (χ0v) is 13.0. The van der Waals surface area contributed by atoms with Gasteiger partial charge in [0.2, 0.25) is 0 Å². The van der Waals surface area contributed by atoms with Crippen LogP contribution in [0.25, 0.3) is 5.65 Å². The second-order valence-electron chi connectivity index (χ2n) is 6.11. The maximum absolute atomic E-state index is 6.13. The lowest BCUT2D eigenvalue weighted by Gasteiger charge is -2.32. The fourth-order valence-corrected chi connectivity index (χ4v) is 3.05. The normalized spacial score (nSPS) is 19.4. The van der Waals surface area contributed by atoms with Crippen LogP contribution in [0.3, 0.4) is 0 Å². The molecule has 21 heavy (non-hydrogen) atoms. The Morgan fingerprint density at radius 2 is 2.24 bits per heavy atom. The Labute approximate surface area is 126 Å². The van der Waals surface area contributed by atoms with E-state index in [1.807, 2.05) is 11.4 Å². The molecule has 0 radical (unpaired) electrons. The molecule has 114 valence electrons. The van der Waals surface area contributed by atoms with Gasteiger partial charge in [0.05, 0.1) is 5.69 Å². The maximum Gasteiger partial charge on any atom is 0.157 e. The molecule has 1 atom stereocenters. The summed E-state index contributed by atoms with van der Waals surface area (Å²) in [6, 6.07) is 4.51. The summed E-state index contributed by atoms with van der Waals surface area (Å²) in [5.74, 6) is 1.13. The third-order valence-corrected chi connectivity index (χ3v) is 4.16. The summed E-state index contributed by atoms with van der Waals surface area (Å²) < 4.78 is 2.00. The van der Waals surface area contributed by atoms with E-state index >= 15 is 0 Å². The van der Waals surface area contributed by atoms with Crippen molar-refractivity contribution in [1.29, 1.82) is 0 Å². The molecule has 1 aliphatic rings. The van der Waals surface area contributed by atoms with E-state index in [4.69, 9.17) is 10.8 Å². The Kier molecular flexibility index (Phi) is 4.10. The predicted molar refractivity (Wildman–Crippen MR) is 85.8 cm³/mol. The van der Waals surface area contributed by atoms with Gasteiger partial charge in [-0.2, -0.15) is 9.61 Å². The Morgan fingerprint density at radius 1 is 1.38 bits per heavy atom. The summed E-state index contributed by atoms with van der Waals surface area (Å²) in [5, 5.41) is 4.76. The summed E-state index contributed by atoms with van der Waals surface area (Å²) >= 11 is 0. The van der Waals surface area contributed by atoms with E-state index in [2.05, 4.69) is 28.9 Å². The first kappa shape index (κ1) is 14.3. The standard InChI is InChI=1S/C16H25N5/c1-3-4-7-14-10-15-18-12(2)9-16(21(15)19-14)20-8-5-6-13(17)11-20/h9-10,13H,3-8,11,17H2,1-2H3. The van der Waals surface area contributed by atoms with E-state index in [1.165, 1.54) is 12.8 Å². The molecule has 1 unspecified atom stereocenters.